The molecule has 168 valence electrons. The molecule has 0 saturated heterocycles. The van der Waals surface area contributed by atoms with Crippen LogP contribution in [0.15, 0.2) is 72.9 Å². The summed E-state index contributed by atoms with van der Waals surface area (Å²) < 4.78 is 0. The molecule has 4 rings (SSSR count). The number of aromatic nitrogens is 4. The summed E-state index contributed by atoms with van der Waals surface area (Å²) in [6.07, 6.45) is 2.56. The molecular formula is C25H28N8. The van der Waals surface area contributed by atoms with Gasteiger partial charge >= 0.3 is 0 Å². The van der Waals surface area contributed by atoms with Gasteiger partial charge in [-0.2, -0.15) is 4.98 Å². The summed E-state index contributed by atoms with van der Waals surface area (Å²) >= 11 is 0. The Morgan fingerprint density at radius 1 is 0.909 bits per heavy atom. The van der Waals surface area contributed by atoms with Gasteiger partial charge in [-0.15, -0.1) is 0 Å². The molecule has 0 radical (unpaired) electrons. The average Bonchev–Trinajstić information content (AvgIpc) is 2.84. The third-order valence-corrected chi connectivity index (χ3v) is 5.24. The van der Waals surface area contributed by atoms with Crippen molar-refractivity contribution in [2.75, 3.05) is 23.0 Å². The molecule has 0 spiro atoms. The number of nitrogen functional groups attached to an aromatic ring is 1. The van der Waals surface area contributed by atoms with Crippen LogP contribution in [-0.2, 0) is 13.0 Å². The molecule has 0 fully saturated rings. The number of hydrogen-bond acceptors (Lipinski definition) is 8. The molecular weight excluding hydrogens is 412 g/mol. The van der Waals surface area contributed by atoms with Crippen molar-refractivity contribution in [1.29, 1.82) is 0 Å². The van der Waals surface area contributed by atoms with Gasteiger partial charge in [-0.05, 0) is 30.5 Å². The SMILES string of the molecule is CC(Cc1cccc(CN)c1)Nc1nccc(N(C)c2cc(N)nc(-c3ccccc3)n2)n1. The van der Waals surface area contributed by atoms with Crippen molar-refractivity contribution >= 4 is 23.4 Å². The van der Waals surface area contributed by atoms with E-state index in [0.717, 1.165) is 17.5 Å². The maximum atomic E-state index is 6.07. The predicted octanol–water partition coefficient (Wildman–Crippen LogP) is 3.79. The summed E-state index contributed by atoms with van der Waals surface area (Å²) in [5.74, 6) is 2.86. The third-order valence-electron chi connectivity index (χ3n) is 5.24. The van der Waals surface area contributed by atoms with Crippen molar-refractivity contribution in [3.63, 3.8) is 0 Å². The van der Waals surface area contributed by atoms with Crippen LogP contribution in [0, 0.1) is 0 Å². The summed E-state index contributed by atoms with van der Waals surface area (Å²) in [5.41, 5.74) is 15.1. The number of nitrogens with two attached hydrogens (primary N) is 2. The Bertz CT molecular complexity index is 1210. The number of rotatable bonds is 8. The van der Waals surface area contributed by atoms with Gasteiger partial charge in [0.15, 0.2) is 5.82 Å². The first-order valence-corrected chi connectivity index (χ1v) is 10.8. The van der Waals surface area contributed by atoms with Gasteiger partial charge in [-0.25, -0.2) is 15.0 Å². The highest BCUT2D eigenvalue weighted by atomic mass is 15.3. The Labute approximate surface area is 193 Å². The van der Waals surface area contributed by atoms with Gasteiger partial charge in [0.1, 0.15) is 17.5 Å². The van der Waals surface area contributed by atoms with E-state index in [1.807, 2.05) is 60.5 Å². The number of benzene rings is 2. The fourth-order valence-electron chi connectivity index (χ4n) is 3.57. The van der Waals surface area contributed by atoms with Gasteiger partial charge in [0.05, 0.1) is 0 Å². The van der Waals surface area contributed by atoms with Gasteiger partial charge in [0.2, 0.25) is 5.95 Å². The smallest absolute Gasteiger partial charge is 0.224 e. The number of nitrogens with zero attached hydrogens (tertiary/aromatic N) is 5. The van der Waals surface area contributed by atoms with Crippen LogP contribution < -0.4 is 21.7 Å². The quantitative estimate of drug-likeness (QED) is 0.379. The summed E-state index contributed by atoms with van der Waals surface area (Å²) in [6.45, 7) is 2.64. The minimum absolute atomic E-state index is 0.137. The van der Waals surface area contributed by atoms with Crippen molar-refractivity contribution in [3.8, 4) is 11.4 Å². The third kappa shape index (κ3) is 5.61. The van der Waals surface area contributed by atoms with Gasteiger partial charge in [-0.1, -0.05) is 54.6 Å². The van der Waals surface area contributed by atoms with Gasteiger partial charge < -0.3 is 21.7 Å². The molecule has 4 aromatic rings. The molecule has 2 heterocycles. The summed E-state index contributed by atoms with van der Waals surface area (Å²) in [7, 11) is 1.89. The fourth-order valence-corrected chi connectivity index (χ4v) is 3.57. The van der Waals surface area contributed by atoms with Crippen LogP contribution in [0.4, 0.5) is 23.4 Å². The van der Waals surface area contributed by atoms with E-state index in [9.17, 15) is 0 Å². The topological polar surface area (TPSA) is 119 Å². The molecule has 0 aliphatic rings. The number of nitrogens with one attached hydrogen (secondary N) is 1. The second-order valence-electron chi connectivity index (χ2n) is 7.91. The summed E-state index contributed by atoms with van der Waals surface area (Å²) in [6, 6.07) is 21.8. The Kier molecular flexibility index (Phi) is 6.75. The first kappa shape index (κ1) is 22.2. The number of hydrogen-bond donors (Lipinski definition) is 3. The van der Waals surface area contributed by atoms with E-state index in [1.54, 1.807) is 12.3 Å². The molecule has 0 aliphatic carbocycles. The zero-order valence-electron chi connectivity index (χ0n) is 18.8. The van der Waals surface area contributed by atoms with Crippen molar-refractivity contribution < 1.29 is 0 Å². The lowest BCUT2D eigenvalue weighted by atomic mass is 10.0. The summed E-state index contributed by atoms with van der Waals surface area (Å²) in [5, 5.41) is 3.39. The maximum absolute atomic E-state index is 6.07. The summed E-state index contributed by atoms with van der Waals surface area (Å²) in [4.78, 5) is 20.0. The molecule has 2 aromatic heterocycles. The first-order chi connectivity index (χ1) is 16.0. The van der Waals surface area contributed by atoms with Crippen LogP contribution in [0.5, 0.6) is 0 Å². The Balaban J connectivity index is 1.51. The molecule has 33 heavy (non-hydrogen) atoms. The van der Waals surface area contributed by atoms with Crippen LogP contribution in [0.25, 0.3) is 11.4 Å². The van der Waals surface area contributed by atoms with E-state index in [-0.39, 0.29) is 6.04 Å². The van der Waals surface area contributed by atoms with E-state index in [0.29, 0.717) is 35.8 Å². The van der Waals surface area contributed by atoms with Gasteiger partial charge in [-0.3, -0.25) is 0 Å². The largest absolute Gasteiger partial charge is 0.384 e. The minimum atomic E-state index is 0.137. The Hall–Kier alpha value is -4.04. The minimum Gasteiger partial charge on any atom is -0.384 e. The highest BCUT2D eigenvalue weighted by Gasteiger charge is 2.13. The van der Waals surface area contributed by atoms with Crippen molar-refractivity contribution in [1.82, 2.24) is 19.9 Å². The van der Waals surface area contributed by atoms with Crippen LogP contribution in [0.1, 0.15) is 18.1 Å². The number of anilines is 4. The van der Waals surface area contributed by atoms with Gasteiger partial charge in [0, 0.05) is 37.5 Å². The van der Waals surface area contributed by atoms with Crippen LogP contribution >= 0.6 is 0 Å². The molecule has 2 aromatic carbocycles. The second kappa shape index (κ2) is 10.1. The molecule has 0 saturated carbocycles. The standard InChI is InChI=1S/C25H28N8/c1-17(13-18-7-6-8-19(14-18)16-26)29-25-28-12-11-22(32-25)33(2)23-15-21(27)30-24(31-23)20-9-4-3-5-10-20/h3-12,14-15,17H,13,16,26H2,1-2H3,(H2,27,30,31)(H,28,29,32). The van der Waals surface area contributed by atoms with Crippen molar-refractivity contribution in [2.24, 2.45) is 5.73 Å². The van der Waals surface area contributed by atoms with Crippen molar-refractivity contribution in [2.45, 2.75) is 25.9 Å². The molecule has 8 heteroatoms. The first-order valence-electron chi connectivity index (χ1n) is 10.8. The lowest BCUT2D eigenvalue weighted by Crippen LogP contribution is -2.21. The average molecular weight is 441 g/mol. The van der Waals surface area contributed by atoms with E-state index in [1.165, 1.54) is 5.56 Å². The molecule has 0 amide bonds. The molecule has 0 bridgehead atoms. The second-order valence-corrected chi connectivity index (χ2v) is 7.91. The van der Waals surface area contributed by atoms with E-state index in [2.05, 4.69) is 44.3 Å². The fraction of sp³-hybridized carbons (Fsp3) is 0.200. The zero-order chi connectivity index (χ0) is 23.2. The highest BCUT2D eigenvalue weighted by molar-refractivity contribution is 5.64. The van der Waals surface area contributed by atoms with E-state index in [4.69, 9.17) is 11.5 Å². The molecule has 1 unspecified atom stereocenters. The molecule has 0 aliphatic heterocycles. The Morgan fingerprint density at radius 2 is 1.70 bits per heavy atom. The highest BCUT2D eigenvalue weighted by Crippen LogP contribution is 2.25. The maximum Gasteiger partial charge on any atom is 0.224 e. The lowest BCUT2D eigenvalue weighted by Gasteiger charge is -2.20. The lowest BCUT2D eigenvalue weighted by molar-refractivity contribution is 0.775. The normalized spacial score (nSPS) is 11.7. The zero-order valence-corrected chi connectivity index (χ0v) is 18.8. The van der Waals surface area contributed by atoms with Crippen LogP contribution in [0.2, 0.25) is 0 Å². The Morgan fingerprint density at radius 3 is 2.48 bits per heavy atom. The molecule has 5 N–H and O–H groups in total. The van der Waals surface area contributed by atoms with Crippen LogP contribution in [0.3, 0.4) is 0 Å². The molecule has 8 nitrogen and oxygen atoms in total. The van der Waals surface area contributed by atoms with Crippen LogP contribution in [-0.4, -0.2) is 33.0 Å². The predicted molar refractivity (Wildman–Crippen MR) is 133 cm³/mol. The van der Waals surface area contributed by atoms with Crippen molar-refractivity contribution in [3.05, 3.63) is 84.1 Å². The van der Waals surface area contributed by atoms with E-state index < -0.39 is 0 Å². The monoisotopic (exact) mass is 440 g/mol. The van der Waals surface area contributed by atoms with E-state index >= 15 is 0 Å². The molecule has 1 atom stereocenters. The van der Waals surface area contributed by atoms with Gasteiger partial charge in [0.25, 0.3) is 0 Å².